The van der Waals surface area contributed by atoms with Crippen molar-refractivity contribution in [3.63, 3.8) is 0 Å². The molecule has 0 aliphatic carbocycles. The molecule has 4 amide bonds. The number of aliphatic carboxylic acids is 1. The number of likely N-dealkylation sites (tertiary alicyclic amines) is 2. The standard InChI is InChI=1S/C39H43Cl2N11O6/c1-58-32-7-5-28(51-25-43-45-46-51)22-29(32)34(53)49-16-9-38(24-49,26-4-6-30(40)31(41)21-26)8-13-47-14-10-39(11-15-47,27-3-2-12-42-23-27)36(56)44-37(57)52-33(35(54)55)48-17-19-50(52)20-18-48/h2-7,12,21-23,25,33H,8-11,13-20,24H2,1H3,(H,54,55)(H,44,56,57). The lowest BCUT2D eigenvalue weighted by atomic mass is 9.72. The minimum Gasteiger partial charge on any atom is -0.496 e. The SMILES string of the molecule is COc1ccc(-n2cnnn2)cc1C(=O)N1CCC(CCN2CCC(C(=O)NC(=O)N3C(C(=O)O)N4CCN3CC4)(c3cccnc3)CC2)(c2ccc(Cl)c(Cl)c2)C1. The van der Waals surface area contributed by atoms with E-state index in [0.717, 1.165) is 5.56 Å². The first-order valence-corrected chi connectivity index (χ1v) is 19.9. The number of tetrazole rings is 1. The van der Waals surface area contributed by atoms with Gasteiger partial charge in [-0.05, 0) is 103 Å². The number of nitrogens with zero attached hydrogens (tertiary/aromatic N) is 10. The lowest BCUT2D eigenvalue weighted by Gasteiger charge is -2.52. The maximum absolute atomic E-state index is 14.3. The van der Waals surface area contributed by atoms with Gasteiger partial charge in [0, 0.05) is 57.1 Å². The number of piperazine rings is 1. The number of halogens is 2. The number of carboxylic acid groups (broad SMARTS) is 1. The molecule has 19 heteroatoms. The predicted molar refractivity (Wildman–Crippen MR) is 211 cm³/mol. The summed E-state index contributed by atoms with van der Waals surface area (Å²) in [4.78, 5) is 64.7. The molecular formula is C39H43Cl2N11O6. The molecule has 0 spiro atoms. The van der Waals surface area contributed by atoms with Crippen LogP contribution in [-0.4, -0.2) is 151 Å². The van der Waals surface area contributed by atoms with Gasteiger partial charge >= 0.3 is 12.0 Å². The molecule has 2 N–H and O–H groups in total. The summed E-state index contributed by atoms with van der Waals surface area (Å²) in [7, 11) is 1.53. The third-order valence-electron chi connectivity index (χ3n) is 12.3. The van der Waals surface area contributed by atoms with E-state index in [0.29, 0.717) is 117 Å². The van der Waals surface area contributed by atoms with Crippen molar-refractivity contribution in [2.45, 2.75) is 42.7 Å². The van der Waals surface area contributed by atoms with Crippen molar-refractivity contribution >= 4 is 47.0 Å². The molecule has 17 nitrogen and oxygen atoms in total. The van der Waals surface area contributed by atoms with Crippen LogP contribution in [0.1, 0.15) is 47.2 Å². The third-order valence-corrected chi connectivity index (χ3v) is 13.0. The van der Waals surface area contributed by atoms with Gasteiger partial charge in [-0.3, -0.25) is 24.8 Å². The molecule has 7 heterocycles. The van der Waals surface area contributed by atoms with Gasteiger partial charge in [-0.25, -0.2) is 24.3 Å². The number of aromatic nitrogens is 5. The lowest BCUT2D eigenvalue weighted by molar-refractivity contribution is -0.190. The number of hydrogen-bond acceptors (Lipinski definition) is 12. The Balaban J connectivity index is 0.997. The Morgan fingerprint density at radius 1 is 0.931 bits per heavy atom. The van der Waals surface area contributed by atoms with Crippen LogP contribution >= 0.6 is 23.2 Å². The number of piperidine rings is 1. The minimum atomic E-state index is -1.18. The fraction of sp³-hybridized carbons (Fsp3) is 0.436. The first-order valence-electron chi connectivity index (χ1n) is 19.2. The number of nitrogens with one attached hydrogen (secondary N) is 1. The molecule has 2 unspecified atom stereocenters. The number of carbonyl (C=O) groups excluding carboxylic acids is 3. The van der Waals surface area contributed by atoms with Gasteiger partial charge in [0.15, 0.2) is 0 Å². The zero-order valence-electron chi connectivity index (χ0n) is 31.8. The molecule has 5 aliphatic rings. The number of rotatable bonds is 10. The Morgan fingerprint density at radius 2 is 1.72 bits per heavy atom. The highest BCUT2D eigenvalue weighted by molar-refractivity contribution is 6.42. The highest BCUT2D eigenvalue weighted by Crippen LogP contribution is 2.42. The number of imide groups is 1. The second kappa shape index (κ2) is 16.2. The number of pyridine rings is 1. The van der Waals surface area contributed by atoms with Gasteiger partial charge in [0.25, 0.3) is 5.91 Å². The number of urea groups is 1. The van der Waals surface area contributed by atoms with E-state index < -0.39 is 34.9 Å². The maximum atomic E-state index is 14.3. The number of carbonyl (C=O) groups is 4. The largest absolute Gasteiger partial charge is 0.496 e. The van der Waals surface area contributed by atoms with Crippen LogP contribution < -0.4 is 10.1 Å². The van der Waals surface area contributed by atoms with Gasteiger partial charge in [0.2, 0.25) is 12.1 Å². The molecular weight excluding hydrogens is 789 g/mol. The van der Waals surface area contributed by atoms with Gasteiger partial charge in [-0.2, -0.15) is 0 Å². The van der Waals surface area contributed by atoms with Crippen LogP contribution in [0.15, 0.2) is 67.3 Å². The molecule has 2 aromatic heterocycles. The number of carboxylic acids is 1. The van der Waals surface area contributed by atoms with Crippen LogP contribution in [0.5, 0.6) is 5.75 Å². The zero-order chi connectivity index (χ0) is 40.6. The molecule has 2 atom stereocenters. The topological polar surface area (TPSA) is 182 Å². The van der Waals surface area contributed by atoms with Gasteiger partial charge in [0.1, 0.15) is 12.1 Å². The van der Waals surface area contributed by atoms with Crippen LogP contribution in [-0.2, 0) is 20.4 Å². The van der Waals surface area contributed by atoms with Gasteiger partial charge < -0.3 is 19.6 Å². The summed E-state index contributed by atoms with van der Waals surface area (Å²) in [6.07, 6.45) is 5.73. The van der Waals surface area contributed by atoms with Crippen molar-refractivity contribution in [1.29, 1.82) is 0 Å². The molecule has 0 radical (unpaired) electrons. The summed E-state index contributed by atoms with van der Waals surface area (Å²) in [6.45, 7) is 4.68. The van der Waals surface area contributed by atoms with Crippen LogP contribution in [0.2, 0.25) is 10.0 Å². The highest BCUT2D eigenvalue weighted by atomic mass is 35.5. The molecule has 5 aliphatic heterocycles. The third kappa shape index (κ3) is 7.36. The second-order valence-electron chi connectivity index (χ2n) is 15.2. The van der Waals surface area contributed by atoms with Gasteiger partial charge in [-0.15, -0.1) is 5.10 Å². The first kappa shape index (κ1) is 39.6. The van der Waals surface area contributed by atoms with Crippen LogP contribution in [0.3, 0.4) is 0 Å². The average Bonchev–Trinajstić information content (AvgIpc) is 3.96. The van der Waals surface area contributed by atoms with E-state index in [2.05, 4.69) is 30.7 Å². The van der Waals surface area contributed by atoms with E-state index in [1.54, 1.807) is 52.6 Å². The number of fused-ring (bicyclic) bond motifs is 3. The van der Waals surface area contributed by atoms with E-state index in [-0.39, 0.29) is 5.91 Å². The van der Waals surface area contributed by atoms with E-state index in [1.807, 2.05) is 23.1 Å². The fourth-order valence-corrected chi connectivity index (χ4v) is 9.29. The normalized spacial score (nSPS) is 24.1. The minimum absolute atomic E-state index is 0.186. The molecule has 9 rings (SSSR count). The Kier molecular flexibility index (Phi) is 11.1. The molecule has 5 fully saturated rings. The molecule has 5 saturated heterocycles. The van der Waals surface area contributed by atoms with Gasteiger partial charge in [0.05, 0.1) is 33.8 Å². The summed E-state index contributed by atoms with van der Waals surface area (Å²) >= 11 is 13.0. The van der Waals surface area contributed by atoms with E-state index in [4.69, 9.17) is 27.9 Å². The molecule has 58 heavy (non-hydrogen) atoms. The van der Waals surface area contributed by atoms with Crippen molar-refractivity contribution in [3.8, 4) is 11.4 Å². The van der Waals surface area contributed by atoms with Crippen molar-refractivity contribution in [3.05, 3.63) is 94.0 Å². The number of hydrogen-bond donors (Lipinski definition) is 2. The number of ether oxygens (including phenoxy) is 1. The summed E-state index contributed by atoms with van der Waals surface area (Å²) in [5, 5.41) is 27.7. The molecule has 2 aromatic carbocycles. The van der Waals surface area contributed by atoms with Crippen LogP contribution in [0.25, 0.3) is 5.69 Å². The molecule has 304 valence electrons. The summed E-state index contributed by atoms with van der Waals surface area (Å²) in [6, 6.07) is 13.7. The van der Waals surface area contributed by atoms with Crippen molar-refractivity contribution in [1.82, 2.24) is 55.2 Å². The summed E-state index contributed by atoms with van der Waals surface area (Å²) in [5.41, 5.74) is 1.14. The average molecular weight is 833 g/mol. The number of benzene rings is 2. The molecule has 2 bridgehead atoms. The fourth-order valence-electron chi connectivity index (χ4n) is 8.99. The van der Waals surface area contributed by atoms with Crippen molar-refractivity contribution in [2.75, 3.05) is 66.0 Å². The number of methoxy groups -OCH3 is 1. The maximum Gasteiger partial charge on any atom is 0.343 e. The van der Waals surface area contributed by atoms with Crippen molar-refractivity contribution < 1.29 is 29.0 Å². The number of amides is 4. The Labute approximate surface area is 344 Å². The monoisotopic (exact) mass is 831 g/mol. The Morgan fingerprint density at radius 3 is 2.40 bits per heavy atom. The first-order chi connectivity index (χ1) is 28.0. The smallest absolute Gasteiger partial charge is 0.343 e. The molecule has 4 aromatic rings. The zero-order valence-corrected chi connectivity index (χ0v) is 33.3. The molecule has 0 saturated carbocycles. The van der Waals surface area contributed by atoms with E-state index in [9.17, 15) is 24.3 Å². The quantitative estimate of drug-likeness (QED) is 0.238. The summed E-state index contributed by atoms with van der Waals surface area (Å²) < 4.78 is 7.08. The highest BCUT2D eigenvalue weighted by Gasteiger charge is 2.49. The van der Waals surface area contributed by atoms with Crippen LogP contribution in [0.4, 0.5) is 4.79 Å². The summed E-state index contributed by atoms with van der Waals surface area (Å²) in [5.74, 6) is -1.38. The van der Waals surface area contributed by atoms with E-state index in [1.165, 1.54) is 23.1 Å². The predicted octanol–water partition coefficient (Wildman–Crippen LogP) is 3.08. The van der Waals surface area contributed by atoms with Gasteiger partial charge in [-0.1, -0.05) is 35.3 Å². The number of hydrazine groups is 1. The van der Waals surface area contributed by atoms with Crippen LogP contribution in [0, 0.1) is 0 Å². The second-order valence-corrected chi connectivity index (χ2v) is 16.1. The Bertz CT molecular complexity index is 2180. The Hall–Kier alpha value is -5.20. The lowest BCUT2D eigenvalue weighted by Crippen LogP contribution is -2.74. The van der Waals surface area contributed by atoms with Crippen molar-refractivity contribution in [2.24, 2.45) is 0 Å². The van der Waals surface area contributed by atoms with E-state index >= 15 is 0 Å².